The van der Waals surface area contributed by atoms with Gasteiger partial charge in [-0.1, -0.05) is 0 Å². The van der Waals surface area contributed by atoms with E-state index in [1.165, 1.54) is 25.7 Å². The number of aromatic nitrogens is 2. The number of nitrogens with two attached hydrogens (primary N) is 1. The predicted molar refractivity (Wildman–Crippen MR) is 101 cm³/mol. The van der Waals surface area contributed by atoms with E-state index >= 15 is 0 Å². The number of carbonyl (C=O) groups excluding carboxylic acids is 2. The molecule has 3 rings (SSSR count). The minimum atomic E-state index is -0.426. The molecule has 0 aliphatic heterocycles. The highest BCUT2D eigenvalue weighted by Crippen LogP contribution is 2.20. The van der Waals surface area contributed by atoms with Crippen molar-refractivity contribution in [3.63, 3.8) is 0 Å². The lowest BCUT2D eigenvalue weighted by molar-refractivity contribution is -0.111. The van der Waals surface area contributed by atoms with Crippen molar-refractivity contribution in [1.82, 2.24) is 15.3 Å². The molecule has 0 bridgehead atoms. The first kappa shape index (κ1) is 18.4. The van der Waals surface area contributed by atoms with Crippen molar-refractivity contribution in [3.8, 4) is 5.88 Å². The summed E-state index contributed by atoms with van der Waals surface area (Å²) in [5, 5.41) is 5.61. The summed E-state index contributed by atoms with van der Waals surface area (Å²) in [5.41, 5.74) is 6.90. The average molecular weight is 367 g/mol. The molecule has 1 aliphatic rings. The van der Waals surface area contributed by atoms with Gasteiger partial charge in [0.25, 0.3) is 11.8 Å². The highest BCUT2D eigenvalue weighted by atomic mass is 16.5. The summed E-state index contributed by atoms with van der Waals surface area (Å²) in [5.74, 6) is 0.113. The number of rotatable bonds is 6. The van der Waals surface area contributed by atoms with Crippen molar-refractivity contribution >= 4 is 23.2 Å². The van der Waals surface area contributed by atoms with Crippen LogP contribution in [0.15, 0.2) is 42.9 Å². The normalized spacial score (nSPS) is 14.2. The van der Waals surface area contributed by atoms with E-state index in [9.17, 15) is 9.59 Å². The van der Waals surface area contributed by atoms with Crippen molar-refractivity contribution < 1.29 is 14.3 Å². The van der Waals surface area contributed by atoms with Crippen molar-refractivity contribution in [2.45, 2.75) is 25.3 Å². The second-order valence-corrected chi connectivity index (χ2v) is 6.15. The van der Waals surface area contributed by atoms with Crippen LogP contribution in [-0.2, 0) is 4.79 Å². The Morgan fingerprint density at radius 1 is 1.22 bits per heavy atom. The second-order valence-electron chi connectivity index (χ2n) is 6.15. The maximum absolute atomic E-state index is 12.5. The molecule has 0 radical (unpaired) electrons. The van der Waals surface area contributed by atoms with Crippen molar-refractivity contribution in [3.05, 3.63) is 54.0 Å². The van der Waals surface area contributed by atoms with E-state index in [1.54, 1.807) is 24.3 Å². The van der Waals surface area contributed by atoms with Crippen LogP contribution < -0.4 is 21.1 Å². The Labute approximate surface area is 156 Å². The Kier molecular flexibility index (Phi) is 5.65. The van der Waals surface area contributed by atoms with Crippen LogP contribution >= 0.6 is 0 Å². The van der Waals surface area contributed by atoms with Gasteiger partial charge < -0.3 is 21.1 Å². The van der Waals surface area contributed by atoms with E-state index in [-0.39, 0.29) is 17.5 Å². The monoisotopic (exact) mass is 367 g/mol. The second kappa shape index (κ2) is 8.31. The van der Waals surface area contributed by atoms with Gasteiger partial charge in [-0.15, -0.1) is 0 Å². The molecule has 8 nitrogen and oxygen atoms in total. The number of hydrogen-bond acceptors (Lipinski definition) is 6. The Bertz CT molecular complexity index is 860. The summed E-state index contributed by atoms with van der Waals surface area (Å²) in [6.07, 6.45) is 7.35. The van der Waals surface area contributed by atoms with Crippen LogP contribution in [0, 0.1) is 0 Å². The van der Waals surface area contributed by atoms with Crippen molar-refractivity contribution in [2.75, 3.05) is 12.4 Å². The van der Waals surface area contributed by atoms with Crippen molar-refractivity contribution in [2.24, 2.45) is 5.73 Å². The molecule has 1 saturated carbocycles. The lowest BCUT2D eigenvalue weighted by atomic mass is 9.93. The first-order chi connectivity index (χ1) is 13.1. The zero-order valence-corrected chi connectivity index (χ0v) is 14.9. The summed E-state index contributed by atoms with van der Waals surface area (Å²) >= 11 is 0. The smallest absolute Gasteiger partial charge is 0.258 e. The van der Waals surface area contributed by atoms with E-state index in [2.05, 4.69) is 20.6 Å². The quantitative estimate of drug-likeness (QED) is 0.669. The molecule has 2 heterocycles. The van der Waals surface area contributed by atoms with E-state index in [0.29, 0.717) is 22.8 Å². The van der Waals surface area contributed by atoms with Gasteiger partial charge in [0.1, 0.15) is 5.82 Å². The highest BCUT2D eigenvalue weighted by Gasteiger charge is 2.20. The Morgan fingerprint density at radius 3 is 2.63 bits per heavy atom. The molecule has 8 heteroatoms. The molecule has 0 unspecified atom stereocenters. The first-order valence-corrected chi connectivity index (χ1v) is 8.61. The van der Waals surface area contributed by atoms with Crippen LogP contribution in [0.1, 0.15) is 35.2 Å². The fraction of sp³-hybridized carbons (Fsp3) is 0.263. The standard InChI is InChI=1S/C19H21N5O3/c1-27-17-9-12(7-8-21-17)15(10-20)19(26)24-16-6-5-13(11-22-16)18(25)23-14-3-2-4-14/h5-11,14H,2-4,20H2,1H3,(H,23,25)(H,22,24,26). The van der Waals surface area contributed by atoms with Crippen LogP contribution in [0.25, 0.3) is 5.57 Å². The zero-order valence-electron chi connectivity index (χ0n) is 14.9. The SMILES string of the molecule is COc1cc(C(=CN)C(=O)Nc2ccc(C(=O)NC3CCC3)cn2)ccn1. The molecule has 27 heavy (non-hydrogen) atoms. The molecule has 2 amide bonds. The first-order valence-electron chi connectivity index (χ1n) is 8.61. The molecule has 1 aliphatic carbocycles. The minimum Gasteiger partial charge on any atom is -0.481 e. The zero-order chi connectivity index (χ0) is 19.2. The van der Waals surface area contributed by atoms with Crippen LogP contribution in [-0.4, -0.2) is 34.9 Å². The van der Waals surface area contributed by atoms with E-state index in [1.807, 2.05) is 0 Å². The van der Waals surface area contributed by atoms with Gasteiger partial charge in [0.05, 0.1) is 18.2 Å². The Hall–Kier alpha value is -3.42. The molecule has 1 fully saturated rings. The van der Waals surface area contributed by atoms with Gasteiger partial charge in [-0.3, -0.25) is 9.59 Å². The molecule has 0 saturated heterocycles. The lowest BCUT2D eigenvalue weighted by Gasteiger charge is -2.26. The fourth-order valence-corrected chi connectivity index (χ4v) is 2.60. The number of carbonyl (C=O) groups is 2. The number of ether oxygens (including phenoxy) is 1. The van der Waals surface area contributed by atoms with Crippen LogP contribution in [0.3, 0.4) is 0 Å². The molecule has 140 valence electrons. The third kappa shape index (κ3) is 4.41. The third-order valence-electron chi connectivity index (χ3n) is 4.37. The number of amides is 2. The molecule has 0 spiro atoms. The summed E-state index contributed by atoms with van der Waals surface area (Å²) in [6, 6.07) is 6.72. The maximum atomic E-state index is 12.5. The van der Waals surface area contributed by atoms with E-state index in [4.69, 9.17) is 10.5 Å². The number of hydrogen-bond donors (Lipinski definition) is 3. The van der Waals surface area contributed by atoms with E-state index < -0.39 is 5.91 Å². The number of pyridine rings is 2. The van der Waals surface area contributed by atoms with Crippen molar-refractivity contribution in [1.29, 1.82) is 0 Å². The minimum absolute atomic E-state index is 0.156. The largest absolute Gasteiger partial charge is 0.481 e. The summed E-state index contributed by atoms with van der Waals surface area (Å²) in [4.78, 5) is 32.8. The van der Waals surface area contributed by atoms with Gasteiger partial charge in [0, 0.05) is 30.7 Å². The molecular weight excluding hydrogens is 346 g/mol. The molecular formula is C19H21N5O3. The number of nitrogens with one attached hydrogen (secondary N) is 2. The van der Waals surface area contributed by atoms with Gasteiger partial charge >= 0.3 is 0 Å². The topological polar surface area (TPSA) is 119 Å². The fourth-order valence-electron chi connectivity index (χ4n) is 2.60. The molecule has 0 aromatic carbocycles. The number of methoxy groups -OCH3 is 1. The number of anilines is 1. The Morgan fingerprint density at radius 2 is 2.04 bits per heavy atom. The van der Waals surface area contributed by atoms with Crippen LogP contribution in [0.5, 0.6) is 5.88 Å². The van der Waals surface area contributed by atoms with Gasteiger partial charge in [0.15, 0.2) is 0 Å². The highest BCUT2D eigenvalue weighted by molar-refractivity contribution is 6.25. The van der Waals surface area contributed by atoms with Gasteiger partial charge in [-0.2, -0.15) is 0 Å². The molecule has 2 aromatic heterocycles. The molecule has 2 aromatic rings. The van der Waals surface area contributed by atoms with Crippen LogP contribution in [0.4, 0.5) is 5.82 Å². The van der Waals surface area contributed by atoms with Gasteiger partial charge in [0.2, 0.25) is 5.88 Å². The third-order valence-corrected chi connectivity index (χ3v) is 4.37. The van der Waals surface area contributed by atoms with E-state index in [0.717, 1.165) is 19.3 Å². The number of nitrogens with zero attached hydrogens (tertiary/aromatic N) is 2. The summed E-state index contributed by atoms with van der Waals surface area (Å²) < 4.78 is 5.06. The average Bonchev–Trinajstić information content (AvgIpc) is 2.66. The lowest BCUT2D eigenvalue weighted by Crippen LogP contribution is -2.39. The maximum Gasteiger partial charge on any atom is 0.258 e. The predicted octanol–water partition coefficient (Wildman–Crippen LogP) is 1.71. The van der Waals surface area contributed by atoms with Gasteiger partial charge in [-0.25, -0.2) is 9.97 Å². The molecule has 0 atom stereocenters. The summed E-state index contributed by atoms with van der Waals surface area (Å²) in [7, 11) is 1.49. The molecule has 4 N–H and O–H groups in total. The van der Waals surface area contributed by atoms with Gasteiger partial charge in [-0.05, 0) is 43.0 Å². The van der Waals surface area contributed by atoms with Crippen LogP contribution in [0.2, 0.25) is 0 Å². The Balaban J connectivity index is 1.66. The summed E-state index contributed by atoms with van der Waals surface area (Å²) in [6.45, 7) is 0.